The summed E-state index contributed by atoms with van der Waals surface area (Å²) in [6.07, 6.45) is 3.85. The maximum Gasteiger partial charge on any atom is 0.257 e. The van der Waals surface area contributed by atoms with Crippen molar-refractivity contribution in [2.75, 3.05) is 34.4 Å². The summed E-state index contributed by atoms with van der Waals surface area (Å²) in [6.45, 7) is 4.37. The number of carbonyl (C=O) groups is 1. The van der Waals surface area contributed by atoms with Gasteiger partial charge in [0.25, 0.3) is 5.91 Å². The zero-order valence-corrected chi connectivity index (χ0v) is 21.5. The molecule has 0 spiro atoms. The van der Waals surface area contributed by atoms with Gasteiger partial charge in [0.1, 0.15) is 23.1 Å². The van der Waals surface area contributed by atoms with Crippen molar-refractivity contribution in [2.45, 2.75) is 38.8 Å². The van der Waals surface area contributed by atoms with E-state index in [0.717, 1.165) is 49.5 Å². The lowest BCUT2D eigenvalue weighted by Crippen LogP contribution is -2.47. The maximum absolute atomic E-state index is 14.6. The lowest BCUT2D eigenvalue weighted by molar-refractivity contribution is 0.0581. The van der Waals surface area contributed by atoms with Gasteiger partial charge in [0, 0.05) is 25.7 Å². The van der Waals surface area contributed by atoms with Crippen LogP contribution in [0.5, 0.6) is 11.5 Å². The molecular formula is C29H35FN2O4. The molecule has 1 aliphatic heterocycles. The minimum Gasteiger partial charge on any atom is -0.497 e. The number of carbonyl (C=O) groups excluding carboxylic acids is 1. The van der Waals surface area contributed by atoms with Crippen molar-refractivity contribution in [1.29, 1.82) is 0 Å². The summed E-state index contributed by atoms with van der Waals surface area (Å²) in [5.41, 5.74) is 2.33. The molecule has 1 atom stereocenters. The third-order valence-corrected chi connectivity index (χ3v) is 7.29. The van der Waals surface area contributed by atoms with Crippen molar-refractivity contribution in [3.8, 4) is 11.5 Å². The molecule has 1 amide bonds. The predicted octanol–water partition coefficient (Wildman–Crippen LogP) is 5.34. The number of aryl methyl sites for hydroxylation is 1. The number of benzene rings is 2. The molecule has 4 rings (SSSR count). The highest BCUT2D eigenvalue weighted by atomic mass is 19.1. The molecule has 2 aromatic carbocycles. The summed E-state index contributed by atoms with van der Waals surface area (Å²) in [6, 6.07) is 14.4. The molecule has 0 aliphatic carbocycles. The fraction of sp³-hybridized carbons (Fsp3) is 0.414. The summed E-state index contributed by atoms with van der Waals surface area (Å²) >= 11 is 0. The average molecular weight is 495 g/mol. The Labute approximate surface area is 212 Å². The summed E-state index contributed by atoms with van der Waals surface area (Å²) in [4.78, 5) is 17.5. The third-order valence-electron chi connectivity index (χ3n) is 7.29. The van der Waals surface area contributed by atoms with Crippen molar-refractivity contribution in [3.05, 3.63) is 83.1 Å². The van der Waals surface area contributed by atoms with Crippen LogP contribution in [0.3, 0.4) is 0 Å². The van der Waals surface area contributed by atoms with Crippen molar-refractivity contribution >= 4 is 5.91 Å². The second-order valence-electron chi connectivity index (χ2n) is 9.50. The molecule has 1 saturated heterocycles. The van der Waals surface area contributed by atoms with Crippen LogP contribution in [0.15, 0.2) is 59.2 Å². The van der Waals surface area contributed by atoms with Gasteiger partial charge in [0.2, 0.25) is 0 Å². The number of likely N-dealkylation sites (N-methyl/N-ethyl adjacent to an activating group) is 1. The quantitative estimate of drug-likeness (QED) is 0.402. The second-order valence-corrected chi connectivity index (χ2v) is 9.50. The van der Waals surface area contributed by atoms with E-state index in [1.165, 1.54) is 12.3 Å². The number of furan rings is 1. The van der Waals surface area contributed by atoms with E-state index < -0.39 is 0 Å². The van der Waals surface area contributed by atoms with Crippen LogP contribution < -0.4 is 9.47 Å². The SMILES string of the molecule is COc1cc(CN2CCC([C@H](Cc3ccccc3F)N(C)C(=O)c3ccoc3C)CC2)cc(OC)c1. The molecule has 2 heterocycles. The number of piperidine rings is 1. The molecule has 1 fully saturated rings. The van der Waals surface area contributed by atoms with Gasteiger partial charge in [0.05, 0.1) is 26.0 Å². The average Bonchev–Trinajstić information content (AvgIpc) is 3.33. The zero-order chi connectivity index (χ0) is 25.7. The fourth-order valence-corrected chi connectivity index (χ4v) is 5.17. The standard InChI is InChI=1S/C29H35FN2O4/c1-20-26(11-14-36-20)29(33)31(2)28(17-23-7-5-6-8-27(23)30)22-9-12-32(13-10-22)19-21-15-24(34-3)18-25(16-21)35-4/h5-8,11,14-16,18,22,28H,9-10,12-13,17,19H2,1-4H3/t28-/m0/s1. The summed E-state index contributed by atoms with van der Waals surface area (Å²) in [7, 11) is 5.14. The molecule has 1 aliphatic rings. The fourth-order valence-electron chi connectivity index (χ4n) is 5.17. The van der Waals surface area contributed by atoms with Crippen LogP contribution in [0.25, 0.3) is 0 Å². The van der Waals surface area contributed by atoms with E-state index >= 15 is 0 Å². The van der Waals surface area contributed by atoms with Crippen LogP contribution in [-0.2, 0) is 13.0 Å². The van der Waals surface area contributed by atoms with Gasteiger partial charge in [-0.15, -0.1) is 0 Å². The molecule has 7 heteroatoms. The molecule has 1 aromatic heterocycles. The Kier molecular flexibility index (Phi) is 8.31. The first kappa shape index (κ1) is 25.8. The first-order chi connectivity index (χ1) is 17.4. The molecule has 36 heavy (non-hydrogen) atoms. The monoisotopic (exact) mass is 494 g/mol. The Morgan fingerprint density at radius 2 is 1.78 bits per heavy atom. The number of amides is 1. The Morgan fingerprint density at radius 1 is 1.11 bits per heavy atom. The molecular weight excluding hydrogens is 459 g/mol. The molecule has 0 bridgehead atoms. The maximum atomic E-state index is 14.6. The Bertz CT molecular complexity index is 1150. The zero-order valence-electron chi connectivity index (χ0n) is 21.5. The summed E-state index contributed by atoms with van der Waals surface area (Å²) in [5, 5.41) is 0. The number of nitrogens with zero attached hydrogens (tertiary/aromatic N) is 2. The Morgan fingerprint density at radius 3 is 2.36 bits per heavy atom. The van der Waals surface area contributed by atoms with Gasteiger partial charge in [-0.2, -0.15) is 0 Å². The topological polar surface area (TPSA) is 55.2 Å². The van der Waals surface area contributed by atoms with Crippen LogP contribution in [0.4, 0.5) is 4.39 Å². The van der Waals surface area contributed by atoms with Crippen molar-refractivity contribution in [3.63, 3.8) is 0 Å². The van der Waals surface area contributed by atoms with Crippen LogP contribution in [0.1, 0.15) is 40.1 Å². The number of likely N-dealkylation sites (tertiary alicyclic amines) is 1. The van der Waals surface area contributed by atoms with Crippen LogP contribution in [0, 0.1) is 18.7 Å². The van der Waals surface area contributed by atoms with E-state index in [1.807, 2.05) is 37.4 Å². The van der Waals surface area contributed by atoms with Gasteiger partial charge in [0.15, 0.2) is 0 Å². The Balaban J connectivity index is 1.48. The van der Waals surface area contributed by atoms with Crippen molar-refractivity contribution in [1.82, 2.24) is 9.80 Å². The number of hydrogen-bond donors (Lipinski definition) is 0. The molecule has 3 aromatic rings. The smallest absolute Gasteiger partial charge is 0.257 e. The molecule has 0 saturated carbocycles. The highest BCUT2D eigenvalue weighted by Crippen LogP contribution is 2.30. The van der Waals surface area contributed by atoms with E-state index in [4.69, 9.17) is 13.9 Å². The van der Waals surface area contributed by atoms with Gasteiger partial charge in [-0.3, -0.25) is 9.69 Å². The lowest BCUT2D eigenvalue weighted by atomic mass is 9.84. The second kappa shape index (κ2) is 11.6. The first-order valence-electron chi connectivity index (χ1n) is 12.4. The lowest BCUT2D eigenvalue weighted by Gasteiger charge is -2.40. The number of hydrogen-bond acceptors (Lipinski definition) is 5. The van der Waals surface area contributed by atoms with E-state index in [-0.39, 0.29) is 23.7 Å². The number of rotatable bonds is 9. The minimum atomic E-state index is -0.229. The molecule has 0 radical (unpaired) electrons. The molecule has 0 N–H and O–H groups in total. The van der Waals surface area contributed by atoms with E-state index in [1.54, 1.807) is 38.2 Å². The number of halogens is 1. The van der Waals surface area contributed by atoms with E-state index in [2.05, 4.69) is 4.90 Å². The van der Waals surface area contributed by atoms with Gasteiger partial charge < -0.3 is 18.8 Å². The van der Waals surface area contributed by atoms with Crippen LogP contribution in [-0.4, -0.2) is 56.1 Å². The van der Waals surface area contributed by atoms with Gasteiger partial charge in [-0.05, 0) is 80.6 Å². The number of ether oxygens (including phenoxy) is 2. The van der Waals surface area contributed by atoms with E-state index in [9.17, 15) is 9.18 Å². The third kappa shape index (κ3) is 5.90. The highest BCUT2D eigenvalue weighted by Gasteiger charge is 2.33. The van der Waals surface area contributed by atoms with Crippen molar-refractivity contribution < 1.29 is 23.1 Å². The first-order valence-corrected chi connectivity index (χ1v) is 12.4. The van der Waals surface area contributed by atoms with Crippen LogP contribution in [0.2, 0.25) is 0 Å². The highest BCUT2D eigenvalue weighted by molar-refractivity contribution is 5.95. The van der Waals surface area contributed by atoms with Crippen molar-refractivity contribution in [2.24, 2.45) is 5.92 Å². The minimum absolute atomic E-state index is 0.0894. The van der Waals surface area contributed by atoms with Gasteiger partial charge >= 0.3 is 0 Å². The van der Waals surface area contributed by atoms with Gasteiger partial charge in [-0.1, -0.05) is 18.2 Å². The normalized spacial score (nSPS) is 15.5. The number of methoxy groups -OCH3 is 2. The largest absolute Gasteiger partial charge is 0.497 e. The van der Waals surface area contributed by atoms with Gasteiger partial charge in [-0.25, -0.2) is 4.39 Å². The molecule has 0 unspecified atom stereocenters. The summed E-state index contributed by atoms with van der Waals surface area (Å²) < 4.78 is 30.8. The van der Waals surface area contributed by atoms with E-state index in [0.29, 0.717) is 23.3 Å². The predicted molar refractivity (Wildman–Crippen MR) is 137 cm³/mol. The molecule has 6 nitrogen and oxygen atoms in total. The van der Waals surface area contributed by atoms with Crippen LogP contribution >= 0.6 is 0 Å². The Hall–Kier alpha value is -3.32. The summed E-state index contributed by atoms with van der Waals surface area (Å²) in [5.74, 6) is 2.08. The molecule has 192 valence electrons.